The molecule has 0 aliphatic heterocycles. The summed E-state index contributed by atoms with van der Waals surface area (Å²) in [4.78, 5) is 14.9. The zero-order valence-electron chi connectivity index (χ0n) is 19.8. The first-order chi connectivity index (χ1) is 17.2. The Morgan fingerprint density at radius 1 is 0.800 bits per heavy atom. The number of carboxylic acid groups (broad SMARTS) is 1. The van der Waals surface area contributed by atoms with E-state index in [1.54, 1.807) is 0 Å². The number of rotatable bonds is 9. The highest BCUT2D eigenvalue weighted by atomic mass is 16.5. The first-order valence-electron chi connectivity index (χ1n) is 12.0. The first kappa shape index (κ1) is 23.0. The molecule has 0 saturated heterocycles. The molecule has 4 aromatic rings. The first-order valence-corrected chi connectivity index (χ1v) is 12.0. The highest BCUT2D eigenvalue weighted by Gasteiger charge is 2.51. The van der Waals surface area contributed by atoms with Crippen LogP contribution in [0.3, 0.4) is 0 Å². The van der Waals surface area contributed by atoms with Crippen molar-refractivity contribution in [2.24, 2.45) is 0 Å². The molecule has 0 amide bonds. The number of benzene rings is 4. The molecule has 0 heterocycles. The molecule has 0 fully saturated rings. The van der Waals surface area contributed by atoms with Crippen molar-refractivity contribution >= 4 is 5.97 Å². The lowest BCUT2D eigenvalue weighted by Crippen LogP contribution is -2.56. The van der Waals surface area contributed by atoms with Gasteiger partial charge >= 0.3 is 5.97 Å². The molecule has 0 bridgehead atoms. The van der Waals surface area contributed by atoms with Gasteiger partial charge in [-0.25, -0.2) is 0 Å². The van der Waals surface area contributed by atoms with Gasteiger partial charge in [-0.2, -0.15) is 0 Å². The van der Waals surface area contributed by atoms with E-state index in [0.717, 1.165) is 33.4 Å². The Kier molecular flexibility index (Phi) is 6.49. The minimum absolute atomic E-state index is 0.0803. The number of aliphatic carboxylic acids is 1. The minimum atomic E-state index is -0.892. The van der Waals surface area contributed by atoms with E-state index in [2.05, 4.69) is 41.3 Å². The van der Waals surface area contributed by atoms with Crippen LogP contribution in [0, 0.1) is 0 Å². The Morgan fingerprint density at radius 2 is 1.31 bits per heavy atom. The number of nitrogens with zero attached hydrogens (tertiary/aromatic N) is 1. The highest BCUT2D eigenvalue weighted by Crippen LogP contribution is 2.54. The molecule has 35 heavy (non-hydrogen) atoms. The quantitative estimate of drug-likeness (QED) is 0.333. The zero-order chi connectivity index (χ0) is 24.3. The normalized spacial score (nSPS) is 14.3. The van der Waals surface area contributed by atoms with Crippen LogP contribution in [0.15, 0.2) is 109 Å². The summed E-state index contributed by atoms with van der Waals surface area (Å²) in [5, 5.41) is 10.5. The number of carboxylic acids is 1. The van der Waals surface area contributed by atoms with Crippen molar-refractivity contribution in [3.63, 3.8) is 0 Å². The molecular weight excluding hydrogens is 434 g/mol. The van der Waals surface area contributed by atoms with Gasteiger partial charge in [0, 0.05) is 0 Å². The smallest absolute Gasteiger partial charge is 0.323 e. The summed E-state index contributed by atoms with van der Waals surface area (Å²) in [6.45, 7) is 3.01. The number of carbonyl (C=O) groups is 1. The Morgan fingerprint density at radius 3 is 1.86 bits per heavy atom. The van der Waals surface area contributed by atoms with Gasteiger partial charge in [-0.05, 0) is 39.9 Å². The van der Waals surface area contributed by atoms with Crippen molar-refractivity contribution in [3.05, 3.63) is 131 Å². The summed E-state index contributed by atoms with van der Waals surface area (Å²) in [5.41, 5.74) is 5.80. The van der Waals surface area contributed by atoms with Crippen LogP contribution in [0.5, 0.6) is 0 Å². The average Bonchev–Trinajstić information content (AvgIpc) is 3.20. The van der Waals surface area contributed by atoms with Gasteiger partial charge in [0.15, 0.2) is 0 Å². The van der Waals surface area contributed by atoms with Crippen molar-refractivity contribution in [2.45, 2.75) is 25.1 Å². The van der Waals surface area contributed by atoms with E-state index >= 15 is 0 Å². The van der Waals surface area contributed by atoms with Gasteiger partial charge in [0.1, 0.15) is 6.04 Å². The van der Waals surface area contributed by atoms with Crippen molar-refractivity contribution in [3.8, 4) is 11.1 Å². The van der Waals surface area contributed by atoms with Crippen LogP contribution in [0.1, 0.15) is 29.2 Å². The molecule has 1 N–H and O–H groups in total. The van der Waals surface area contributed by atoms with E-state index in [4.69, 9.17) is 4.74 Å². The van der Waals surface area contributed by atoms with Crippen molar-refractivity contribution < 1.29 is 14.6 Å². The van der Waals surface area contributed by atoms with Crippen LogP contribution in [-0.4, -0.2) is 35.2 Å². The van der Waals surface area contributed by atoms with Crippen LogP contribution in [-0.2, 0) is 21.7 Å². The molecule has 4 aromatic carbocycles. The number of fused-ring (bicyclic) bond motifs is 3. The predicted octanol–water partition coefficient (Wildman–Crippen LogP) is 5.95. The third kappa shape index (κ3) is 3.95. The van der Waals surface area contributed by atoms with E-state index in [1.807, 2.05) is 79.7 Å². The molecule has 4 heteroatoms. The maximum Gasteiger partial charge on any atom is 0.323 e. The lowest BCUT2D eigenvalue weighted by atomic mass is 9.78. The second kappa shape index (κ2) is 9.87. The van der Waals surface area contributed by atoms with Gasteiger partial charge in [0.25, 0.3) is 0 Å². The molecular formula is C31H29NO3. The summed E-state index contributed by atoms with van der Waals surface area (Å²) in [7, 11) is 0. The van der Waals surface area contributed by atoms with E-state index < -0.39 is 17.6 Å². The van der Waals surface area contributed by atoms with E-state index in [0.29, 0.717) is 13.2 Å². The molecule has 0 unspecified atom stereocenters. The fraction of sp³-hybridized carbons (Fsp3) is 0.194. The van der Waals surface area contributed by atoms with E-state index in [-0.39, 0.29) is 6.61 Å². The summed E-state index contributed by atoms with van der Waals surface area (Å²) < 4.78 is 6.02. The van der Waals surface area contributed by atoms with Crippen molar-refractivity contribution in [1.82, 2.24) is 4.90 Å². The maximum absolute atomic E-state index is 12.8. The minimum Gasteiger partial charge on any atom is -0.480 e. The monoisotopic (exact) mass is 463 g/mol. The molecule has 1 aliphatic carbocycles. The third-order valence-corrected chi connectivity index (χ3v) is 6.94. The van der Waals surface area contributed by atoms with E-state index in [1.165, 1.54) is 0 Å². The second-order valence-electron chi connectivity index (χ2n) is 8.81. The van der Waals surface area contributed by atoms with Crippen LogP contribution < -0.4 is 0 Å². The predicted molar refractivity (Wildman–Crippen MR) is 138 cm³/mol. The standard InChI is InChI=1S/C31H29NO3/c1-2-32(29(30(33)34)22-35-21-23-13-5-3-6-14-23)31(24-15-7-4-8-16-24)27-19-11-9-17-25(27)26-18-10-12-20-28(26)31/h3-20,29H,2,21-22H2,1H3,(H,33,34)/t29-/m0/s1. The molecule has 4 nitrogen and oxygen atoms in total. The van der Waals surface area contributed by atoms with Crippen LogP contribution >= 0.6 is 0 Å². The van der Waals surface area contributed by atoms with Crippen molar-refractivity contribution in [2.75, 3.05) is 13.2 Å². The number of hydrogen-bond acceptors (Lipinski definition) is 3. The SMILES string of the molecule is CCN([C@@H](COCc1ccccc1)C(=O)O)C1(c2ccccc2)c2ccccc2-c2ccccc21. The molecule has 1 aliphatic rings. The van der Waals surface area contributed by atoms with Gasteiger partial charge < -0.3 is 9.84 Å². The number of likely N-dealkylation sites (N-methyl/N-ethyl adjacent to an activating group) is 1. The third-order valence-electron chi connectivity index (χ3n) is 6.94. The van der Waals surface area contributed by atoms with Gasteiger partial charge in [0.2, 0.25) is 0 Å². The van der Waals surface area contributed by atoms with Gasteiger partial charge in [0.05, 0.1) is 18.8 Å². The molecule has 1 atom stereocenters. The number of hydrogen-bond donors (Lipinski definition) is 1. The molecule has 0 spiro atoms. The van der Waals surface area contributed by atoms with Crippen LogP contribution in [0.2, 0.25) is 0 Å². The van der Waals surface area contributed by atoms with E-state index in [9.17, 15) is 9.90 Å². The summed E-state index contributed by atoms with van der Waals surface area (Å²) in [6.07, 6.45) is 0. The largest absolute Gasteiger partial charge is 0.480 e. The number of ether oxygens (including phenoxy) is 1. The lowest BCUT2D eigenvalue weighted by molar-refractivity contribution is -0.148. The van der Waals surface area contributed by atoms with Gasteiger partial charge in [-0.15, -0.1) is 0 Å². The molecule has 0 radical (unpaired) electrons. The summed E-state index contributed by atoms with van der Waals surface area (Å²) in [5.74, 6) is -0.892. The molecule has 0 aromatic heterocycles. The zero-order valence-corrected chi connectivity index (χ0v) is 19.8. The Bertz CT molecular complexity index is 1260. The fourth-order valence-corrected chi connectivity index (χ4v) is 5.53. The van der Waals surface area contributed by atoms with Gasteiger partial charge in [-0.3, -0.25) is 9.69 Å². The lowest BCUT2D eigenvalue weighted by Gasteiger charge is -2.46. The van der Waals surface area contributed by atoms with Crippen LogP contribution in [0.4, 0.5) is 0 Å². The molecule has 5 rings (SSSR count). The Hall–Kier alpha value is -3.73. The summed E-state index contributed by atoms with van der Waals surface area (Å²) >= 11 is 0. The Balaban J connectivity index is 1.64. The Labute approximate surface area is 206 Å². The fourth-order valence-electron chi connectivity index (χ4n) is 5.53. The topological polar surface area (TPSA) is 49.8 Å². The molecule has 176 valence electrons. The second-order valence-corrected chi connectivity index (χ2v) is 8.81. The maximum atomic E-state index is 12.8. The van der Waals surface area contributed by atoms with Crippen LogP contribution in [0.25, 0.3) is 11.1 Å². The highest BCUT2D eigenvalue weighted by molar-refractivity contribution is 5.84. The van der Waals surface area contributed by atoms with Crippen molar-refractivity contribution in [1.29, 1.82) is 0 Å². The summed E-state index contributed by atoms with van der Waals surface area (Å²) in [6, 6.07) is 36.0. The molecule has 0 saturated carbocycles. The van der Waals surface area contributed by atoms with Gasteiger partial charge in [-0.1, -0.05) is 116 Å². The average molecular weight is 464 g/mol.